The Morgan fingerprint density at radius 1 is 1.25 bits per heavy atom. The minimum Gasteiger partial charge on any atom is -0.437 e. The molecule has 0 N–H and O–H groups in total. The zero-order valence-corrected chi connectivity index (χ0v) is 10.6. The van der Waals surface area contributed by atoms with Gasteiger partial charge in [0.05, 0.1) is 0 Å². The number of furan rings is 1. The summed E-state index contributed by atoms with van der Waals surface area (Å²) in [5.74, 6) is 1.01. The molecular weight excluding hydrogens is 259 g/mol. The van der Waals surface area contributed by atoms with E-state index in [2.05, 4.69) is 4.98 Å². The summed E-state index contributed by atoms with van der Waals surface area (Å²) in [6, 6.07) is 7.66. The molecular formula is C15H11FN2O2. The lowest BCUT2D eigenvalue weighted by Gasteiger charge is -1.99. The molecule has 0 amide bonds. The van der Waals surface area contributed by atoms with Gasteiger partial charge in [-0.2, -0.15) is 4.98 Å². The second-order valence-corrected chi connectivity index (χ2v) is 4.92. The van der Waals surface area contributed by atoms with Crippen molar-refractivity contribution in [1.29, 1.82) is 0 Å². The van der Waals surface area contributed by atoms with Crippen LogP contribution in [0.25, 0.3) is 22.4 Å². The Kier molecular flexibility index (Phi) is 2.30. The smallest absolute Gasteiger partial charge is 0.264 e. The fraction of sp³-hybridized carbons (Fsp3) is 0.200. The van der Waals surface area contributed by atoms with Crippen molar-refractivity contribution in [2.45, 2.75) is 19.4 Å². The standard InChI is InChI=1S/C15H11FN2O2/c16-10-5-3-9(4-6-10)12-8-11-14(20-12)17-13-2-1-7-18(13)15(11)19/h3-6,8H,1-2,7H2. The van der Waals surface area contributed by atoms with Crippen LogP contribution < -0.4 is 5.56 Å². The lowest BCUT2D eigenvalue weighted by atomic mass is 10.1. The van der Waals surface area contributed by atoms with E-state index in [1.807, 2.05) is 0 Å². The third kappa shape index (κ3) is 1.59. The van der Waals surface area contributed by atoms with Crippen LogP contribution in [0.2, 0.25) is 0 Å². The van der Waals surface area contributed by atoms with E-state index in [1.165, 1.54) is 12.1 Å². The van der Waals surface area contributed by atoms with E-state index in [1.54, 1.807) is 22.8 Å². The first-order valence-corrected chi connectivity index (χ1v) is 6.51. The predicted molar refractivity (Wildman–Crippen MR) is 72.0 cm³/mol. The molecule has 0 radical (unpaired) electrons. The van der Waals surface area contributed by atoms with Crippen LogP contribution in [0.1, 0.15) is 12.2 Å². The fourth-order valence-electron chi connectivity index (χ4n) is 2.63. The van der Waals surface area contributed by atoms with Gasteiger partial charge < -0.3 is 4.42 Å². The Morgan fingerprint density at radius 3 is 2.85 bits per heavy atom. The minimum atomic E-state index is -0.304. The Morgan fingerprint density at radius 2 is 2.05 bits per heavy atom. The zero-order chi connectivity index (χ0) is 13.7. The van der Waals surface area contributed by atoms with Gasteiger partial charge in [0, 0.05) is 18.5 Å². The molecule has 4 nitrogen and oxygen atoms in total. The third-order valence-corrected chi connectivity index (χ3v) is 3.64. The highest BCUT2D eigenvalue weighted by Gasteiger charge is 2.19. The summed E-state index contributed by atoms with van der Waals surface area (Å²) in [5.41, 5.74) is 1.04. The molecule has 2 aromatic heterocycles. The van der Waals surface area contributed by atoms with Crippen LogP contribution in [0.15, 0.2) is 39.5 Å². The van der Waals surface area contributed by atoms with Gasteiger partial charge in [0.15, 0.2) is 0 Å². The number of halogens is 1. The Bertz CT molecular complexity index is 862. The van der Waals surface area contributed by atoms with Crippen molar-refractivity contribution in [2.75, 3.05) is 0 Å². The number of hydrogen-bond acceptors (Lipinski definition) is 3. The number of benzene rings is 1. The highest BCUT2D eigenvalue weighted by atomic mass is 19.1. The van der Waals surface area contributed by atoms with E-state index in [4.69, 9.17) is 4.42 Å². The normalized spacial score (nSPS) is 13.8. The molecule has 0 bridgehead atoms. The van der Waals surface area contributed by atoms with E-state index < -0.39 is 0 Å². The first-order chi connectivity index (χ1) is 9.72. The quantitative estimate of drug-likeness (QED) is 0.683. The second kappa shape index (κ2) is 4.03. The summed E-state index contributed by atoms with van der Waals surface area (Å²) in [7, 11) is 0. The number of nitrogens with zero attached hydrogens (tertiary/aromatic N) is 2. The highest BCUT2D eigenvalue weighted by molar-refractivity contribution is 5.79. The molecule has 0 fully saturated rings. The van der Waals surface area contributed by atoms with E-state index in [0.29, 0.717) is 23.4 Å². The van der Waals surface area contributed by atoms with Gasteiger partial charge in [-0.1, -0.05) is 0 Å². The van der Waals surface area contributed by atoms with Gasteiger partial charge in [0.1, 0.15) is 22.8 Å². The van der Waals surface area contributed by atoms with Crippen LogP contribution >= 0.6 is 0 Å². The van der Waals surface area contributed by atoms with Crippen molar-refractivity contribution in [3.63, 3.8) is 0 Å². The van der Waals surface area contributed by atoms with Crippen LogP contribution in [-0.2, 0) is 13.0 Å². The van der Waals surface area contributed by atoms with Crippen molar-refractivity contribution in [1.82, 2.24) is 9.55 Å². The topological polar surface area (TPSA) is 48.0 Å². The number of fused-ring (bicyclic) bond motifs is 2. The molecule has 0 unspecified atom stereocenters. The van der Waals surface area contributed by atoms with Gasteiger partial charge in [-0.15, -0.1) is 0 Å². The summed E-state index contributed by atoms with van der Waals surface area (Å²) < 4.78 is 20.3. The lowest BCUT2D eigenvalue weighted by Crippen LogP contribution is -2.19. The van der Waals surface area contributed by atoms with Crippen LogP contribution in [-0.4, -0.2) is 9.55 Å². The molecule has 0 saturated heterocycles. The van der Waals surface area contributed by atoms with E-state index in [-0.39, 0.29) is 11.4 Å². The molecule has 1 aliphatic rings. The largest absolute Gasteiger partial charge is 0.437 e. The van der Waals surface area contributed by atoms with Gasteiger partial charge in [-0.05, 0) is 36.8 Å². The fourth-order valence-corrected chi connectivity index (χ4v) is 2.63. The number of rotatable bonds is 1. The lowest BCUT2D eigenvalue weighted by molar-refractivity contribution is 0.609. The first kappa shape index (κ1) is 11.4. The van der Waals surface area contributed by atoms with Crippen LogP contribution in [0, 0.1) is 5.82 Å². The molecule has 3 heterocycles. The van der Waals surface area contributed by atoms with Crippen molar-refractivity contribution in [3.05, 3.63) is 52.3 Å². The number of aryl methyl sites for hydroxylation is 1. The summed E-state index contributed by atoms with van der Waals surface area (Å²) in [5, 5.41) is 0.481. The first-order valence-electron chi connectivity index (χ1n) is 6.51. The maximum Gasteiger partial charge on any atom is 0.264 e. The second-order valence-electron chi connectivity index (χ2n) is 4.92. The number of hydrogen-bond donors (Lipinski definition) is 0. The summed E-state index contributed by atoms with van der Waals surface area (Å²) in [6.07, 6.45) is 1.75. The molecule has 20 heavy (non-hydrogen) atoms. The third-order valence-electron chi connectivity index (χ3n) is 3.64. The molecule has 1 aliphatic heterocycles. The zero-order valence-electron chi connectivity index (χ0n) is 10.6. The average Bonchev–Trinajstić information content (AvgIpc) is 3.06. The summed E-state index contributed by atoms with van der Waals surface area (Å²) in [6.45, 7) is 0.716. The van der Waals surface area contributed by atoms with Crippen LogP contribution in [0.4, 0.5) is 4.39 Å². The van der Waals surface area contributed by atoms with Crippen LogP contribution in [0.3, 0.4) is 0 Å². The Balaban J connectivity index is 1.94. The maximum absolute atomic E-state index is 12.9. The maximum atomic E-state index is 12.9. The van der Waals surface area contributed by atoms with Crippen molar-refractivity contribution >= 4 is 11.1 Å². The van der Waals surface area contributed by atoms with Crippen molar-refractivity contribution < 1.29 is 8.81 Å². The van der Waals surface area contributed by atoms with Gasteiger partial charge in [0.2, 0.25) is 5.71 Å². The Labute approximate surface area is 113 Å². The predicted octanol–water partition coefficient (Wildman–Crippen LogP) is 2.74. The molecule has 5 heteroatoms. The monoisotopic (exact) mass is 270 g/mol. The molecule has 1 aromatic carbocycles. The van der Waals surface area contributed by atoms with Gasteiger partial charge in [-0.25, -0.2) is 4.39 Å². The Hall–Kier alpha value is -2.43. The molecule has 0 saturated carbocycles. The SMILES string of the molecule is O=c1c2cc(-c3ccc(F)cc3)oc2nc2n1CCC2. The molecule has 0 atom stereocenters. The molecule has 3 aromatic rings. The molecule has 4 rings (SSSR count). The molecule has 100 valence electrons. The van der Waals surface area contributed by atoms with E-state index >= 15 is 0 Å². The van der Waals surface area contributed by atoms with Gasteiger partial charge in [-0.3, -0.25) is 9.36 Å². The molecule has 0 aliphatic carbocycles. The summed E-state index contributed by atoms with van der Waals surface area (Å²) >= 11 is 0. The minimum absolute atomic E-state index is 0.0559. The molecule has 0 spiro atoms. The van der Waals surface area contributed by atoms with Crippen LogP contribution in [0.5, 0.6) is 0 Å². The van der Waals surface area contributed by atoms with E-state index in [9.17, 15) is 9.18 Å². The average molecular weight is 270 g/mol. The van der Waals surface area contributed by atoms with Gasteiger partial charge >= 0.3 is 0 Å². The highest BCUT2D eigenvalue weighted by Crippen LogP contribution is 2.26. The van der Waals surface area contributed by atoms with Crippen molar-refractivity contribution in [3.8, 4) is 11.3 Å². The van der Waals surface area contributed by atoms with Crippen molar-refractivity contribution in [2.24, 2.45) is 0 Å². The number of aromatic nitrogens is 2. The summed E-state index contributed by atoms with van der Waals surface area (Å²) in [4.78, 5) is 16.7. The van der Waals surface area contributed by atoms with E-state index in [0.717, 1.165) is 24.2 Å². The van der Waals surface area contributed by atoms with Gasteiger partial charge in [0.25, 0.3) is 5.56 Å².